The highest BCUT2D eigenvalue weighted by atomic mass is 19.4. The average Bonchev–Trinajstić information content (AvgIpc) is 3.33. The number of amides is 1. The van der Waals surface area contributed by atoms with Gasteiger partial charge in [-0.3, -0.25) is 9.69 Å². The molecule has 1 saturated heterocycles. The number of piperazine rings is 1. The van der Waals surface area contributed by atoms with Crippen molar-refractivity contribution in [1.29, 1.82) is 0 Å². The monoisotopic (exact) mass is 449 g/mol. The summed E-state index contributed by atoms with van der Waals surface area (Å²) in [6, 6.07) is 4.93. The number of benzene rings is 1. The molecule has 176 valence electrons. The number of hydrogen-bond acceptors (Lipinski definition) is 3. The first-order valence-corrected chi connectivity index (χ1v) is 12.4. The van der Waals surface area contributed by atoms with Crippen molar-refractivity contribution in [3.05, 3.63) is 29.3 Å². The summed E-state index contributed by atoms with van der Waals surface area (Å²) in [7, 11) is 0. The molecular weight excluding hydrogens is 415 g/mol. The van der Waals surface area contributed by atoms with Gasteiger partial charge in [0.1, 0.15) is 0 Å². The minimum absolute atomic E-state index is 0.0252. The van der Waals surface area contributed by atoms with Gasteiger partial charge in [0, 0.05) is 37.4 Å². The fraction of sp³-hybridized carbons (Fsp3) is 0.720. The van der Waals surface area contributed by atoms with Crippen molar-refractivity contribution < 1.29 is 18.0 Å². The molecular formula is C25H34F3N3O. The Balaban J connectivity index is 1.42. The molecule has 4 aliphatic rings. The van der Waals surface area contributed by atoms with Crippen LogP contribution in [0.4, 0.5) is 18.9 Å². The minimum atomic E-state index is -4.37. The first-order valence-electron chi connectivity index (χ1n) is 12.4. The molecule has 0 aromatic heterocycles. The predicted octanol–water partition coefficient (Wildman–Crippen LogP) is 4.76. The summed E-state index contributed by atoms with van der Waals surface area (Å²) in [5.41, 5.74) is 0.927. The molecule has 2 atom stereocenters. The Hall–Kier alpha value is -1.76. The topological polar surface area (TPSA) is 35.6 Å². The largest absolute Gasteiger partial charge is 0.416 e. The van der Waals surface area contributed by atoms with Crippen LogP contribution in [-0.2, 0) is 17.4 Å². The van der Waals surface area contributed by atoms with E-state index in [0.717, 1.165) is 51.0 Å². The highest BCUT2D eigenvalue weighted by molar-refractivity contribution is 5.82. The second-order valence-corrected chi connectivity index (χ2v) is 10.2. The lowest BCUT2D eigenvalue weighted by atomic mass is 9.82. The quantitative estimate of drug-likeness (QED) is 0.723. The molecule has 2 aliphatic carbocycles. The van der Waals surface area contributed by atoms with Gasteiger partial charge in [0.15, 0.2) is 0 Å². The molecule has 1 N–H and O–H groups in total. The lowest BCUT2D eigenvalue weighted by molar-refractivity contribution is -0.137. The van der Waals surface area contributed by atoms with Crippen LogP contribution in [0.15, 0.2) is 18.2 Å². The molecule has 7 heteroatoms. The molecule has 0 radical (unpaired) electrons. The Bertz CT molecular complexity index is 830. The lowest BCUT2D eigenvalue weighted by Crippen LogP contribution is -2.62. The van der Waals surface area contributed by atoms with Crippen molar-refractivity contribution in [3.8, 4) is 0 Å². The van der Waals surface area contributed by atoms with E-state index in [4.69, 9.17) is 0 Å². The smallest absolute Gasteiger partial charge is 0.365 e. The number of nitrogens with one attached hydrogen (secondary N) is 1. The first-order chi connectivity index (χ1) is 15.4. The van der Waals surface area contributed by atoms with Crippen molar-refractivity contribution in [2.75, 3.05) is 24.5 Å². The zero-order valence-electron chi connectivity index (χ0n) is 18.7. The Kier molecular flexibility index (Phi) is 6.12. The summed E-state index contributed by atoms with van der Waals surface area (Å²) in [5.74, 6) is -0.277. The molecule has 4 nitrogen and oxygen atoms in total. The van der Waals surface area contributed by atoms with E-state index in [2.05, 4.69) is 15.1 Å². The fourth-order valence-corrected chi connectivity index (χ4v) is 6.48. The molecule has 2 saturated carbocycles. The van der Waals surface area contributed by atoms with Gasteiger partial charge in [0.2, 0.25) is 5.91 Å². The number of nitrogens with zero attached hydrogens (tertiary/aromatic N) is 2. The maximum atomic E-state index is 13.5. The number of carbonyl (C=O) groups is 1. The van der Waals surface area contributed by atoms with Crippen molar-refractivity contribution in [3.63, 3.8) is 0 Å². The third kappa shape index (κ3) is 4.37. The summed E-state index contributed by atoms with van der Waals surface area (Å²) >= 11 is 0. The van der Waals surface area contributed by atoms with Crippen molar-refractivity contribution in [1.82, 2.24) is 10.2 Å². The van der Waals surface area contributed by atoms with E-state index in [1.807, 2.05) is 0 Å². The second-order valence-electron chi connectivity index (χ2n) is 10.2. The zero-order valence-corrected chi connectivity index (χ0v) is 18.7. The van der Waals surface area contributed by atoms with Crippen molar-refractivity contribution in [2.45, 2.75) is 88.5 Å². The van der Waals surface area contributed by atoms with E-state index in [-0.39, 0.29) is 23.9 Å². The van der Waals surface area contributed by atoms with Crippen LogP contribution in [-0.4, -0.2) is 48.6 Å². The van der Waals surface area contributed by atoms with Gasteiger partial charge < -0.3 is 10.2 Å². The Morgan fingerprint density at radius 1 is 0.969 bits per heavy atom. The molecule has 1 aromatic rings. The number of carbonyl (C=O) groups excluding carboxylic acids is 1. The van der Waals surface area contributed by atoms with Crippen LogP contribution in [0.5, 0.6) is 0 Å². The van der Waals surface area contributed by atoms with Gasteiger partial charge in [-0.1, -0.05) is 32.1 Å². The number of anilines is 1. The van der Waals surface area contributed by atoms with Gasteiger partial charge in [-0.25, -0.2) is 0 Å². The Labute approximate surface area is 188 Å². The van der Waals surface area contributed by atoms with Crippen LogP contribution < -0.4 is 10.2 Å². The van der Waals surface area contributed by atoms with Crippen LogP contribution >= 0.6 is 0 Å². The predicted molar refractivity (Wildman–Crippen MR) is 119 cm³/mol. The first kappa shape index (κ1) is 22.1. The van der Waals surface area contributed by atoms with Gasteiger partial charge in [-0.05, 0) is 55.9 Å². The van der Waals surface area contributed by atoms with Gasteiger partial charge in [0.25, 0.3) is 0 Å². The van der Waals surface area contributed by atoms with Crippen LogP contribution in [0.3, 0.4) is 0 Å². The molecule has 32 heavy (non-hydrogen) atoms. The molecule has 5 rings (SSSR count). The molecule has 1 aromatic carbocycles. The number of hydrogen-bond donors (Lipinski definition) is 1. The highest BCUT2D eigenvalue weighted by Gasteiger charge is 2.44. The summed E-state index contributed by atoms with van der Waals surface area (Å²) < 4.78 is 40.1. The van der Waals surface area contributed by atoms with E-state index in [9.17, 15) is 18.0 Å². The molecule has 0 spiro atoms. The summed E-state index contributed by atoms with van der Waals surface area (Å²) in [6.45, 7) is 2.51. The van der Waals surface area contributed by atoms with Crippen LogP contribution in [0.2, 0.25) is 0 Å². The number of rotatable bonds is 3. The van der Waals surface area contributed by atoms with Crippen LogP contribution in [0, 0.1) is 5.92 Å². The molecule has 1 amide bonds. The standard InChI is InChI=1S/C25H34F3N3O/c26-25(27,28)18-10-11-22-17(14-18)15-21(24(32)29-19-6-2-1-3-7-19)23-16-30(12-13-31(22)23)20-8-4-5-9-20/h10-11,14,19-21,23H,1-9,12-13,15-16H2,(H,29,32). The zero-order chi connectivity index (χ0) is 22.3. The maximum Gasteiger partial charge on any atom is 0.416 e. The third-order valence-electron chi connectivity index (χ3n) is 8.20. The van der Waals surface area contributed by atoms with Gasteiger partial charge in [-0.2, -0.15) is 13.2 Å². The van der Waals surface area contributed by atoms with E-state index >= 15 is 0 Å². The van der Waals surface area contributed by atoms with Crippen LogP contribution in [0.25, 0.3) is 0 Å². The van der Waals surface area contributed by atoms with Crippen LogP contribution in [0.1, 0.15) is 68.9 Å². The molecule has 0 bridgehead atoms. The summed E-state index contributed by atoms with van der Waals surface area (Å²) in [5, 5.41) is 3.28. The van der Waals surface area contributed by atoms with E-state index in [1.54, 1.807) is 6.07 Å². The van der Waals surface area contributed by atoms with E-state index in [1.165, 1.54) is 44.2 Å². The number of fused-ring (bicyclic) bond motifs is 3. The Morgan fingerprint density at radius 2 is 1.69 bits per heavy atom. The van der Waals surface area contributed by atoms with E-state index < -0.39 is 11.7 Å². The second kappa shape index (κ2) is 8.88. The summed E-state index contributed by atoms with van der Waals surface area (Å²) in [6.07, 6.45) is 6.51. The highest BCUT2D eigenvalue weighted by Crippen LogP contribution is 2.40. The van der Waals surface area contributed by atoms with Crippen molar-refractivity contribution >= 4 is 11.6 Å². The van der Waals surface area contributed by atoms with Gasteiger partial charge in [0.05, 0.1) is 17.5 Å². The Morgan fingerprint density at radius 3 is 2.41 bits per heavy atom. The molecule has 2 heterocycles. The molecule has 2 unspecified atom stereocenters. The van der Waals surface area contributed by atoms with Crippen molar-refractivity contribution in [2.24, 2.45) is 5.92 Å². The molecule has 2 aliphatic heterocycles. The third-order valence-corrected chi connectivity index (χ3v) is 8.20. The normalized spacial score (nSPS) is 27.8. The van der Waals surface area contributed by atoms with E-state index in [0.29, 0.717) is 18.0 Å². The lowest BCUT2D eigenvalue weighted by Gasteiger charge is -2.50. The minimum Gasteiger partial charge on any atom is -0.365 e. The van der Waals surface area contributed by atoms with Gasteiger partial charge >= 0.3 is 6.18 Å². The average molecular weight is 450 g/mol. The SMILES string of the molecule is O=C(NC1CCCCC1)C1Cc2cc(C(F)(F)F)ccc2N2CCN(C3CCCC3)CC12. The van der Waals surface area contributed by atoms with Gasteiger partial charge in [-0.15, -0.1) is 0 Å². The fourth-order valence-electron chi connectivity index (χ4n) is 6.48. The molecule has 3 fully saturated rings. The number of alkyl halides is 3. The summed E-state index contributed by atoms with van der Waals surface area (Å²) in [4.78, 5) is 18.2. The maximum absolute atomic E-state index is 13.5. The number of halogens is 3.